The molecule has 0 radical (unpaired) electrons. The van der Waals surface area contributed by atoms with Gasteiger partial charge in [0.1, 0.15) is 5.75 Å². The van der Waals surface area contributed by atoms with Crippen molar-refractivity contribution in [2.75, 3.05) is 35.6 Å². The fourth-order valence-electron chi connectivity index (χ4n) is 3.76. The zero-order valence-corrected chi connectivity index (χ0v) is 18.4. The molecule has 2 N–H and O–H groups in total. The van der Waals surface area contributed by atoms with Crippen LogP contribution in [0.3, 0.4) is 0 Å². The molecule has 0 bridgehead atoms. The summed E-state index contributed by atoms with van der Waals surface area (Å²) in [5, 5.41) is 5.55. The lowest BCUT2D eigenvalue weighted by Crippen LogP contribution is -2.48. The van der Waals surface area contributed by atoms with Crippen molar-refractivity contribution in [1.29, 1.82) is 0 Å². The molecule has 1 saturated heterocycles. The summed E-state index contributed by atoms with van der Waals surface area (Å²) in [6.45, 7) is 0.921. The molecular weight excluding hydrogens is 434 g/mol. The molecule has 2 aliphatic rings. The second-order valence-corrected chi connectivity index (χ2v) is 9.66. The Hall–Kier alpha value is -3.11. The van der Waals surface area contributed by atoms with E-state index in [0.29, 0.717) is 35.8 Å². The molecule has 170 valence electrons. The van der Waals surface area contributed by atoms with Crippen LogP contribution in [0.15, 0.2) is 48.5 Å². The number of carbonyl (C=O) groups is 2. The third kappa shape index (κ3) is 4.86. The molecule has 0 aromatic heterocycles. The monoisotopic (exact) mass is 459 g/mol. The van der Waals surface area contributed by atoms with Gasteiger partial charge in [0.05, 0.1) is 35.8 Å². The molecule has 0 unspecified atom stereocenters. The first-order valence-corrected chi connectivity index (χ1v) is 12.2. The average molecular weight is 460 g/mol. The Morgan fingerprint density at radius 2 is 1.88 bits per heavy atom. The number of benzene rings is 2. The molecule has 2 atom stereocenters. The first-order valence-electron chi connectivity index (χ1n) is 10.4. The number of fused-ring (bicyclic) bond motifs is 1. The van der Waals surface area contributed by atoms with Gasteiger partial charge in [0, 0.05) is 13.2 Å². The van der Waals surface area contributed by atoms with Crippen LogP contribution in [0.5, 0.6) is 5.75 Å². The van der Waals surface area contributed by atoms with E-state index in [1.807, 2.05) is 0 Å². The summed E-state index contributed by atoms with van der Waals surface area (Å²) in [4.78, 5) is 25.7. The molecular formula is C22H25N3O6S. The van der Waals surface area contributed by atoms with Gasteiger partial charge in [-0.2, -0.15) is 0 Å². The van der Waals surface area contributed by atoms with E-state index in [9.17, 15) is 18.0 Å². The van der Waals surface area contributed by atoms with Crippen molar-refractivity contribution in [2.24, 2.45) is 0 Å². The minimum absolute atomic E-state index is 0.00149. The topological polar surface area (TPSA) is 114 Å². The van der Waals surface area contributed by atoms with Gasteiger partial charge in [-0.25, -0.2) is 8.42 Å². The summed E-state index contributed by atoms with van der Waals surface area (Å²) < 4.78 is 37.0. The molecule has 9 nitrogen and oxygen atoms in total. The van der Waals surface area contributed by atoms with Crippen LogP contribution in [0.4, 0.5) is 11.4 Å². The molecule has 4 rings (SSSR count). The molecule has 2 heterocycles. The second-order valence-electron chi connectivity index (χ2n) is 7.75. The number of hydrogen-bond donors (Lipinski definition) is 2. The maximum atomic E-state index is 13.0. The Bertz CT molecular complexity index is 1110. The minimum atomic E-state index is -3.62. The summed E-state index contributed by atoms with van der Waals surface area (Å²) in [6, 6.07) is 13.3. The first kappa shape index (κ1) is 22.1. The number of anilines is 2. The summed E-state index contributed by atoms with van der Waals surface area (Å²) in [6.07, 6.45) is 1.87. The molecule has 32 heavy (non-hydrogen) atoms. The van der Waals surface area contributed by atoms with Gasteiger partial charge in [0.15, 0.2) is 6.10 Å². The third-order valence-corrected chi connectivity index (χ3v) is 6.52. The Labute approximate surface area is 186 Å². The van der Waals surface area contributed by atoms with Gasteiger partial charge in [-0.15, -0.1) is 0 Å². The number of hydrogen-bond acceptors (Lipinski definition) is 6. The van der Waals surface area contributed by atoms with Crippen LogP contribution in [0.25, 0.3) is 0 Å². The number of carbonyl (C=O) groups excluding carboxylic acids is 2. The van der Waals surface area contributed by atoms with Crippen LogP contribution in [0.2, 0.25) is 0 Å². The number of ether oxygens (including phenoxy) is 2. The average Bonchev–Trinajstić information content (AvgIpc) is 3.30. The quantitative estimate of drug-likeness (QED) is 0.681. The van der Waals surface area contributed by atoms with E-state index in [0.717, 1.165) is 23.4 Å². The fourth-order valence-corrected chi connectivity index (χ4v) is 4.68. The highest BCUT2D eigenvalue weighted by atomic mass is 32.2. The Morgan fingerprint density at radius 1 is 1.12 bits per heavy atom. The highest BCUT2D eigenvalue weighted by Gasteiger charge is 2.35. The van der Waals surface area contributed by atoms with Crippen molar-refractivity contribution in [3.05, 3.63) is 54.1 Å². The minimum Gasteiger partial charge on any atom is -0.476 e. The lowest BCUT2D eigenvalue weighted by Gasteiger charge is -2.33. The Kier molecular flexibility index (Phi) is 6.33. The zero-order chi connectivity index (χ0) is 22.7. The van der Waals surface area contributed by atoms with E-state index in [-0.39, 0.29) is 18.6 Å². The van der Waals surface area contributed by atoms with Crippen molar-refractivity contribution < 1.29 is 27.5 Å². The van der Waals surface area contributed by atoms with Crippen LogP contribution in [-0.4, -0.2) is 58.4 Å². The van der Waals surface area contributed by atoms with Crippen molar-refractivity contribution in [1.82, 2.24) is 5.32 Å². The molecule has 10 heteroatoms. The lowest BCUT2D eigenvalue weighted by atomic mass is 10.1. The van der Waals surface area contributed by atoms with Crippen molar-refractivity contribution in [2.45, 2.75) is 25.0 Å². The van der Waals surface area contributed by atoms with Crippen molar-refractivity contribution in [3.8, 4) is 5.75 Å². The first-order chi connectivity index (χ1) is 15.3. The normalized spacial score (nSPS) is 20.2. The van der Waals surface area contributed by atoms with Crippen molar-refractivity contribution >= 4 is 33.2 Å². The number of para-hydroxylation sites is 3. The van der Waals surface area contributed by atoms with Crippen LogP contribution in [-0.2, 0) is 19.6 Å². The summed E-state index contributed by atoms with van der Waals surface area (Å²) in [5.74, 6) is -0.580. The van der Waals surface area contributed by atoms with E-state index in [1.54, 1.807) is 48.5 Å². The van der Waals surface area contributed by atoms with Gasteiger partial charge in [-0.05, 0) is 37.1 Å². The Morgan fingerprint density at radius 3 is 2.62 bits per heavy atom. The third-order valence-electron chi connectivity index (χ3n) is 5.37. The number of amides is 2. The molecule has 2 amide bonds. The molecule has 0 aliphatic carbocycles. The van der Waals surface area contributed by atoms with Crippen LogP contribution < -0.4 is 19.7 Å². The van der Waals surface area contributed by atoms with E-state index in [2.05, 4.69) is 10.6 Å². The SMILES string of the molecule is CS(=O)(=O)N1C[C@@H](C(=O)Nc2ccccc2C(=O)NC[C@H]2CCCO2)Oc2ccccc21. The fraction of sp³-hybridized carbons (Fsp3) is 0.364. The highest BCUT2D eigenvalue weighted by molar-refractivity contribution is 7.92. The van der Waals surface area contributed by atoms with Gasteiger partial charge in [-0.1, -0.05) is 24.3 Å². The maximum absolute atomic E-state index is 13.0. The van der Waals surface area contributed by atoms with Gasteiger partial charge in [0.2, 0.25) is 10.0 Å². The molecule has 1 fully saturated rings. The van der Waals surface area contributed by atoms with E-state index in [4.69, 9.17) is 9.47 Å². The number of nitrogens with one attached hydrogen (secondary N) is 2. The zero-order valence-electron chi connectivity index (χ0n) is 17.6. The summed E-state index contributed by atoms with van der Waals surface area (Å²) >= 11 is 0. The van der Waals surface area contributed by atoms with Crippen molar-refractivity contribution in [3.63, 3.8) is 0 Å². The standard InChI is InChI=1S/C22H25N3O6S/c1-32(28,29)25-14-20(31-19-11-5-4-10-18(19)25)22(27)24-17-9-3-2-8-16(17)21(26)23-13-15-7-6-12-30-15/h2-5,8-11,15,20H,6-7,12-14H2,1H3,(H,23,26)(H,24,27)/t15-,20+/m1/s1. The molecule has 0 spiro atoms. The van der Waals surface area contributed by atoms with E-state index >= 15 is 0 Å². The second kappa shape index (κ2) is 9.17. The van der Waals surface area contributed by atoms with Gasteiger partial charge in [-0.3, -0.25) is 13.9 Å². The number of sulfonamides is 1. The predicted molar refractivity (Wildman–Crippen MR) is 119 cm³/mol. The van der Waals surface area contributed by atoms with Crippen LogP contribution in [0.1, 0.15) is 23.2 Å². The highest BCUT2D eigenvalue weighted by Crippen LogP contribution is 2.34. The summed E-state index contributed by atoms with van der Waals surface area (Å²) in [5.41, 5.74) is 0.999. The predicted octanol–water partition coefficient (Wildman–Crippen LogP) is 1.76. The Balaban J connectivity index is 1.49. The van der Waals surface area contributed by atoms with Gasteiger partial charge >= 0.3 is 0 Å². The van der Waals surface area contributed by atoms with Crippen LogP contribution >= 0.6 is 0 Å². The van der Waals surface area contributed by atoms with E-state index < -0.39 is 22.0 Å². The maximum Gasteiger partial charge on any atom is 0.267 e. The smallest absolute Gasteiger partial charge is 0.267 e. The van der Waals surface area contributed by atoms with Gasteiger partial charge < -0.3 is 20.1 Å². The lowest BCUT2D eigenvalue weighted by molar-refractivity contribution is -0.122. The summed E-state index contributed by atoms with van der Waals surface area (Å²) in [7, 11) is -3.62. The largest absolute Gasteiger partial charge is 0.476 e. The molecule has 2 aromatic carbocycles. The molecule has 2 aromatic rings. The molecule has 2 aliphatic heterocycles. The number of nitrogens with zero attached hydrogens (tertiary/aromatic N) is 1. The van der Waals surface area contributed by atoms with Crippen LogP contribution in [0, 0.1) is 0 Å². The number of rotatable bonds is 6. The van der Waals surface area contributed by atoms with E-state index in [1.165, 1.54) is 0 Å². The molecule has 0 saturated carbocycles. The van der Waals surface area contributed by atoms with Gasteiger partial charge in [0.25, 0.3) is 11.8 Å².